The number of esters is 1. The Balaban J connectivity index is 2.34. The molecule has 0 aromatic carbocycles. The molecule has 2 atom stereocenters. The van der Waals surface area contributed by atoms with Crippen LogP contribution in [0.2, 0.25) is 0 Å². The van der Waals surface area contributed by atoms with Crippen LogP contribution in [0.1, 0.15) is 26.2 Å². The third-order valence-corrected chi connectivity index (χ3v) is 2.99. The average molecular weight is 194 g/mol. The first-order valence-electron chi connectivity index (χ1n) is 5.03. The molecule has 0 unspecified atom stereocenters. The van der Waals surface area contributed by atoms with E-state index in [1.807, 2.05) is 0 Å². The van der Waals surface area contributed by atoms with Crippen LogP contribution in [0.25, 0.3) is 0 Å². The highest BCUT2D eigenvalue weighted by molar-refractivity contribution is 5.84. The number of hydrogen-bond donors (Lipinski definition) is 1. The van der Waals surface area contributed by atoms with E-state index >= 15 is 0 Å². The number of carbonyl (C=O) groups excluding carboxylic acids is 1. The van der Waals surface area contributed by atoms with Crippen LogP contribution < -0.4 is 0 Å². The molecule has 1 aliphatic heterocycles. The zero-order chi connectivity index (χ0) is 10.1. The first-order valence-corrected chi connectivity index (χ1v) is 5.03. The number of ether oxygens (including phenoxy) is 1. The van der Waals surface area contributed by atoms with Crippen molar-refractivity contribution in [1.82, 2.24) is 0 Å². The monoisotopic (exact) mass is 194 g/mol. The summed E-state index contributed by atoms with van der Waals surface area (Å²) in [7, 11) is 0. The van der Waals surface area contributed by atoms with Crippen molar-refractivity contribution in [3.63, 3.8) is 0 Å². The predicted molar refractivity (Wildman–Crippen MR) is 51.7 cm³/mol. The average Bonchev–Trinajstić information content (AvgIpc) is 2.18. The van der Waals surface area contributed by atoms with Crippen LogP contribution in [-0.4, -0.2) is 17.2 Å². The summed E-state index contributed by atoms with van der Waals surface area (Å²) in [6, 6.07) is 0. The molecule has 0 amide bonds. The number of carbonyl (C=O) groups is 1. The smallest absolute Gasteiger partial charge is 0.331 e. The topological polar surface area (TPSA) is 46.5 Å². The van der Waals surface area contributed by atoms with Crippen molar-refractivity contribution in [3.8, 4) is 0 Å². The van der Waals surface area contributed by atoms with Gasteiger partial charge in [-0.2, -0.15) is 0 Å². The lowest BCUT2D eigenvalue weighted by atomic mass is 9.82. The molecule has 3 nitrogen and oxygen atoms in total. The molecule has 76 valence electrons. The van der Waals surface area contributed by atoms with Crippen LogP contribution in [0.4, 0.5) is 0 Å². The Bertz CT molecular complexity index is 314. The van der Waals surface area contributed by atoms with Crippen LogP contribution in [0.5, 0.6) is 0 Å². The number of rotatable bonds is 1. The Morgan fingerprint density at radius 1 is 1.57 bits per heavy atom. The molecule has 14 heavy (non-hydrogen) atoms. The first-order chi connectivity index (χ1) is 6.72. The van der Waals surface area contributed by atoms with E-state index in [0.717, 1.165) is 18.4 Å². The van der Waals surface area contributed by atoms with E-state index in [1.165, 1.54) is 6.08 Å². The van der Waals surface area contributed by atoms with Gasteiger partial charge in [-0.1, -0.05) is 6.92 Å². The van der Waals surface area contributed by atoms with Gasteiger partial charge in [0.25, 0.3) is 0 Å². The lowest BCUT2D eigenvalue weighted by Gasteiger charge is -2.33. The van der Waals surface area contributed by atoms with Gasteiger partial charge in [-0.3, -0.25) is 0 Å². The molecule has 1 N–H and O–H groups in total. The van der Waals surface area contributed by atoms with E-state index in [0.29, 0.717) is 18.1 Å². The normalized spacial score (nSPS) is 31.4. The second-order valence-corrected chi connectivity index (χ2v) is 3.80. The summed E-state index contributed by atoms with van der Waals surface area (Å²) < 4.78 is 5.22. The number of aliphatic hydroxyl groups is 1. The standard InChI is InChI=1S/C11H14O3/c1-2-7-3-5-9(12)8-4-6-10(13)14-11(7)8/h4,6-7,11-12H,2-3,5H2,1H3/t7-,11+/m1/s1. The van der Waals surface area contributed by atoms with Crippen molar-refractivity contribution in [1.29, 1.82) is 0 Å². The summed E-state index contributed by atoms with van der Waals surface area (Å²) in [6.07, 6.45) is 5.42. The van der Waals surface area contributed by atoms with Gasteiger partial charge in [-0.15, -0.1) is 0 Å². The molecule has 0 bridgehead atoms. The van der Waals surface area contributed by atoms with Gasteiger partial charge >= 0.3 is 5.97 Å². The van der Waals surface area contributed by atoms with Gasteiger partial charge in [-0.25, -0.2) is 4.79 Å². The maximum Gasteiger partial charge on any atom is 0.331 e. The van der Waals surface area contributed by atoms with Gasteiger partial charge in [0.15, 0.2) is 0 Å². The van der Waals surface area contributed by atoms with Gasteiger partial charge in [-0.05, 0) is 18.9 Å². The van der Waals surface area contributed by atoms with Crippen molar-refractivity contribution in [2.24, 2.45) is 5.92 Å². The molecule has 0 radical (unpaired) electrons. The van der Waals surface area contributed by atoms with Crippen LogP contribution in [0, 0.1) is 5.92 Å². The molecule has 0 saturated heterocycles. The van der Waals surface area contributed by atoms with Crippen molar-refractivity contribution in [3.05, 3.63) is 23.5 Å². The van der Waals surface area contributed by atoms with Crippen LogP contribution >= 0.6 is 0 Å². The van der Waals surface area contributed by atoms with Gasteiger partial charge in [0, 0.05) is 24.0 Å². The van der Waals surface area contributed by atoms with Gasteiger partial charge in [0.05, 0.1) is 5.76 Å². The quantitative estimate of drug-likeness (QED) is 0.650. The van der Waals surface area contributed by atoms with E-state index in [9.17, 15) is 9.90 Å². The minimum atomic E-state index is -0.299. The zero-order valence-corrected chi connectivity index (χ0v) is 8.19. The van der Waals surface area contributed by atoms with Crippen LogP contribution in [-0.2, 0) is 9.53 Å². The highest BCUT2D eigenvalue weighted by atomic mass is 16.5. The number of fused-ring (bicyclic) bond motifs is 1. The summed E-state index contributed by atoms with van der Waals surface area (Å²) >= 11 is 0. The number of hydrogen-bond acceptors (Lipinski definition) is 3. The maximum absolute atomic E-state index is 11.1. The third-order valence-electron chi connectivity index (χ3n) is 2.99. The molecule has 2 aliphatic rings. The van der Waals surface area contributed by atoms with Crippen molar-refractivity contribution < 1.29 is 14.6 Å². The predicted octanol–water partition coefficient (Wildman–Crippen LogP) is 2.10. The molecule has 1 aliphatic carbocycles. The minimum absolute atomic E-state index is 0.216. The molecule has 0 fully saturated rings. The van der Waals surface area contributed by atoms with Gasteiger partial charge in [0.1, 0.15) is 6.10 Å². The van der Waals surface area contributed by atoms with Crippen LogP contribution in [0.15, 0.2) is 23.5 Å². The van der Waals surface area contributed by atoms with Gasteiger partial charge in [0.2, 0.25) is 0 Å². The summed E-state index contributed by atoms with van der Waals surface area (Å²) in [5.41, 5.74) is 0.794. The Labute approximate surface area is 83.1 Å². The van der Waals surface area contributed by atoms with E-state index in [-0.39, 0.29) is 12.1 Å². The Hall–Kier alpha value is -1.25. The van der Waals surface area contributed by atoms with Crippen molar-refractivity contribution in [2.45, 2.75) is 32.3 Å². The first kappa shape index (κ1) is 9.31. The second-order valence-electron chi connectivity index (χ2n) is 3.80. The fraction of sp³-hybridized carbons (Fsp3) is 0.545. The SMILES string of the molecule is CC[C@@H]1CCC(O)=C2C=CC(=O)O[C@H]21. The van der Waals surface area contributed by atoms with Crippen molar-refractivity contribution >= 4 is 5.97 Å². The molecule has 0 aromatic rings. The fourth-order valence-electron chi connectivity index (χ4n) is 2.13. The minimum Gasteiger partial charge on any atom is -0.512 e. The highest BCUT2D eigenvalue weighted by Crippen LogP contribution is 2.35. The van der Waals surface area contributed by atoms with E-state index in [4.69, 9.17) is 4.74 Å². The van der Waals surface area contributed by atoms with Gasteiger partial charge < -0.3 is 9.84 Å². The Morgan fingerprint density at radius 2 is 2.36 bits per heavy atom. The molecular weight excluding hydrogens is 180 g/mol. The lowest BCUT2D eigenvalue weighted by molar-refractivity contribution is -0.145. The third kappa shape index (κ3) is 1.43. The molecule has 2 rings (SSSR count). The highest BCUT2D eigenvalue weighted by Gasteiger charge is 2.34. The Morgan fingerprint density at radius 3 is 3.07 bits per heavy atom. The molecule has 1 heterocycles. The second kappa shape index (κ2) is 3.48. The summed E-state index contributed by atoms with van der Waals surface area (Å²) in [6.45, 7) is 2.08. The van der Waals surface area contributed by atoms with Crippen LogP contribution in [0.3, 0.4) is 0 Å². The summed E-state index contributed by atoms with van der Waals surface area (Å²) in [4.78, 5) is 11.1. The Kier molecular flexibility index (Phi) is 2.32. The molecule has 3 heteroatoms. The van der Waals surface area contributed by atoms with E-state index in [2.05, 4.69) is 6.92 Å². The lowest BCUT2D eigenvalue weighted by Crippen LogP contribution is -2.33. The maximum atomic E-state index is 11.1. The number of aliphatic hydroxyl groups excluding tert-OH is 1. The number of allylic oxidation sites excluding steroid dienone is 1. The van der Waals surface area contributed by atoms with E-state index < -0.39 is 0 Å². The summed E-state index contributed by atoms with van der Waals surface area (Å²) in [5.74, 6) is 0.435. The molecular formula is C11H14O3. The van der Waals surface area contributed by atoms with E-state index in [1.54, 1.807) is 6.08 Å². The van der Waals surface area contributed by atoms with Crippen molar-refractivity contribution in [2.75, 3.05) is 0 Å². The fourth-order valence-corrected chi connectivity index (χ4v) is 2.13. The zero-order valence-electron chi connectivity index (χ0n) is 8.19. The molecule has 0 saturated carbocycles. The molecule has 0 aromatic heterocycles. The largest absolute Gasteiger partial charge is 0.512 e. The molecule has 0 spiro atoms. The summed E-state index contributed by atoms with van der Waals surface area (Å²) in [5, 5.41) is 9.64.